The first-order valence-corrected chi connectivity index (χ1v) is 10.5. The number of carbonyl (C=O) groups excluding carboxylic acids is 1. The van der Waals surface area contributed by atoms with Gasteiger partial charge in [-0.3, -0.25) is 4.79 Å². The molecule has 31 heavy (non-hydrogen) atoms. The topological polar surface area (TPSA) is 71.5 Å². The van der Waals surface area contributed by atoms with Crippen LogP contribution in [0.4, 0.5) is 10.1 Å². The lowest BCUT2D eigenvalue weighted by molar-refractivity contribution is -0.124. The summed E-state index contributed by atoms with van der Waals surface area (Å²) < 4.78 is 18.6. The Hall–Kier alpha value is -3.25. The Morgan fingerprint density at radius 1 is 1.16 bits per heavy atom. The largest absolute Gasteiger partial charge is 0.478 e. The van der Waals surface area contributed by atoms with Gasteiger partial charge in [-0.1, -0.05) is 30.7 Å². The predicted octanol–water partition coefficient (Wildman–Crippen LogP) is 4.84. The second-order valence-electron chi connectivity index (χ2n) is 7.74. The molecule has 0 aliphatic heterocycles. The number of carbonyl (C=O) groups is 1. The number of halogens is 1. The minimum atomic E-state index is -0.580. The van der Waals surface area contributed by atoms with Crippen LogP contribution in [0.3, 0.4) is 0 Å². The van der Waals surface area contributed by atoms with E-state index in [1.807, 2.05) is 31.2 Å². The number of nitrogens with one attached hydrogen (secondary N) is 1. The van der Waals surface area contributed by atoms with Crippen LogP contribution < -0.4 is 10.1 Å². The van der Waals surface area contributed by atoms with Crippen LogP contribution >= 0.6 is 0 Å². The third kappa shape index (κ3) is 4.16. The molecule has 0 spiro atoms. The molecule has 1 fully saturated rings. The number of anilines is 1. The maximum absolute atomic E-state index is 13.2. The van der Waals surface area contributed by atoms with Crippen LogP contribution in [0, 0.1) is 5.82 Å². The molecule has 2 aromatic carbocycles. The fourth-order valence-electron chi connectivity index (χ4n) is 4.02. The highest BCUT2D eigenvalue weighted by Crippen LogP contribution is 2.45. The molecule has 0 bridgehead atoms. The Kier molecular flexibility index (Phi) is 6.00. The minimum absolute atomic E-state index is 0.0723. The Balaban J connectivity index is 1.58. The molecule has 1 saturated carbocycles. The Morgan fingerprint density at radius 2 is 1.87 bits per heavy atom. The minimum Gasteiger partial charge on any atom is -0.478 e. The number of rotatable bonds is 7. The lowest BCUT2D eigenvalue weighted by Crippen LogP contribution is -2.46. The summed E-state index contributed by atoms with van der Waals surface area (Å²) >= 11 is 0. The summed E-state index contributed by atoms with van der Waals surface area (Å²) in [5.74, 6) is 0.0765. The molecule has 0 atom stereocenters. The molecule has 2 N–H and O–H groups in total. The van der Waals surface area contributed by atoms with Gasteiger partial charge in [0.1, 0.15) is 5.82 Å². The van der Waals surface area contributed by atoms with Crippen molar-refractivity contribution in [2.75, 3.05) is 11.9 Å². The fraction of sp³-hybridized carbons (Fsp3) is 0.280. The van der Waals surface area contributed by atoms with E-state index in [0.717, 1.165) is 41.5 Å². The maximum Gasteiger partial charge on any atom is 0.235 e. The summed E-state index contributed by atoms with van der Waals surface area (Å²) in [5, 5.41) is 12.7. The number of pyridine rings is 1. The van der Waals surface area contributed by atoms with Gasteiger partial charge in [-0.2, -0.15) is 0 Å². The van der Waals surface area contributed by atoms with Crippen LogP contribution in [-0.2, 0) is 16.8 Å². The number of amides is 1. The highest BCUT2D eigenvalue weighted by atomic mass is 19.1. The standard InChI is InChI=1S/C25H25FN2O3/c1-2-31-23-14-18(16-29)22(15-27-23)17-4-6-19(7-5-17)25(12-3-13-25)24(30)28-21-10-8-20(26)9-11-21/h4-11,14-15,29H,2-3,12-13,16H2,1H3,(H,28,30). The van der Waals surface area contributed by atoms with Gasteiger partial charge in [0.25, 0.3) is 0 Å². The van der Waals surface area contributed by atoms with Gasteiger partial charge in [0.05, 0.1) is 18.6 Å². The van der Waals surface area contributed by atoms with E-state index in [-0.39, 0.29) is 18.3 Å². The molecule has 1 aromatic heterocycles. The number of ether oxygens (including phenoxy) is 1. The highest BCUT2D eigenvalue weighted by molar-refractivity contribution is 6.00. The van der Waals surface area contributed by atoms with Gasteiger partial charge in [-0.15, -0.1) is 0 Å². The number of aliphatic hydroxyl groups excluding tert-OH is 1. The molecular formula is C25H25FN2O3. The molecule has 4 rings (SSSR count). The van der Waals surface area contributed by atoms with Crippen LogP contribution in [-0.4, -0.2) is 22.6 Å². The molecule has 0 saturated heterocycles. The zero-order valence-corrected chi connectivity index (χ0v) is 17.4. The summed E-state index contributed by atoms with van der Waals surface area (Å²) in [6.45, 7) is 2.27. The van der Waals surface area contributed by atoms with Crippen molar-refractivity contribution in [3.05, 3.63) is 77.7 Å². The van der Waals surface area contributed by atoms with E-state index in [0.29, 0.717) is 18.2 Å². The Labute approximate surface area is 180 Å². The zero-order valence-electron chi connectivity index (χ0n) is 17.4. The number of nitrogens with zero attached hydrogens (tertiary/aromatic N) is 1. The monoisotopic (exact) mass is 420 g/mol. The third-order valence-corrected chi connectivity index (χ3v) is 5.92. The first-order chi connectivity index (χ1) is 15.1. The van der Waals surface area contributed by atoms with Crippen molar-refractivity contribution in [3.8, 4) is 17.0 Å². The van der Waals surface area contributed by atoms with E-state index in [9.17, 15) is 14.3 Å². The molecule has 1 heterocycles. The molecule has 160 valence electrons. The van der Waals surface area contributed by atoms with Gasteiger partial charge in [0, 0.05) is 23.5 Å². The van der Waals surface area contributed by atoms with E-state index in [1.54, 1.807) is 24.4 Å². The number of benzene rings is 2. The summed E-state index contributed by atoms with van der Waals surface area (Å²) in [6.07, 6.45) is 4.22. The number of aromatic nitrogens is 1. The van der Waals surface area contributed by atoms with Crippen LogP contribution in [0.1, 0.15) is 37.3 Å². The first kappa shape index (κ1) is 21.0. The number of hydrogen-bond acceptors (Lipinski definition) is 4. The average molecular weight is 420 g/mol. The van der Waals surface area contributed by atoms with E-state index in [1.165, 1.54) is 12.1 Å². The Morgan fingerprint density at radius 3 is 2.45 bits per heavy atom. The van der Waals surface area contributed by atoms with Gasteiger partial charge in [-0.25, -0.2) is 9.37 Å². The smallest absolute Gasteiger partial charge is 0.235 e. The molecule has 1 aliphatic carbocycles. The molecule has 0 radical (unpaired) electrons. The van der Waals surface area contributed by atoms with Crippen LogP contribution in [0.5, 0.6) is 5.88 Å². The van der Waals surface area contributed by atoms with Gasteiger partial charge in [0.15, 0.2) is 0 Å². The lowest BCUT2D eigenvalue weighted by Gasteiger charge is -2.40. The molecular weight excluding hydrogens is 395 g/mol. The molecule has 3 aromatic rings. The second-order valence-corrected chi connectivity index (χ2v) is 7.74. The fourth-order valence-corrected chi connectivity index (χ4v) is 4.02. The van der Waals surface area contributed by atoms with E-state index in [2.05, 4.69) is 10.3 Å². The Bertz CT molecular complexity index is 1060. The number of hydrogen-bond donors (Lipinski definition) is 2. The molecule has 1 amide bonds. The zero-order chi connectivity index (χ0) is 21.8. The average Bonchev–Trinajstić information content (AvgIpc) is 2.75. The van der Waals surface area contributed by atoms with Gasteiger partial charge in [0.2, 0.25) is 11.8 Å². The molecule has 5 nitrogen and oxygen atoms in total. The maximum atomic E-state index is 13.2. The van der Waals surface area contributed by atoms with Crippen molar-refractivity contribution >= 4 is 11.6 Å². The van der Waals surface area contributed by atoms with Gasteiger partial charge >= 0.3 is 0 Å². The first-order valence-electron chi connectivity index (χ1n) is 10.5. The van der Waals surface area contributed by atoms with Crippen molar-refractivity contribution in [1.29, 1.82) is 0 Å². The summed E-state index contributed by atoms with van der Waals surface area (Å²) in [7, 11) is 0. The van der Waals surface area contributed by atoms with Crippen molar-refractivity contribution in [1.82, 2.24) is 4.98 Å². The summed E-state index contributed by atoms with van der Waals surface area (Å²) in [4.78, 5) is 17.4. The van der Waals surface area contributed by atoms with E-state index >= 15 is 0 Å². The van der Waals surface area contributed by atoms with Gasteiger partial charge in [-0.05, 0) is 60.7 Å². The third-order valence-electron chi connectivity index (χ3n) is 5.92. The van der Waals surface area contributed by atoms with Crippen LogP contribution in [0.25, 0.3) is 11.1 Å². The SMILES string of the molecule is CCOc1cc(CO)c(-c2ccc(C3(C(=O)Nc4ccc(F)cc4)CCC3)cc2)cn1. The van der Waals surface area contributed by atoms with E-state index < -0.39 is 5.41 Å². The summed E-state index contributed by atoms with van der Waals surface area (Å²) in [5.41, 5.74) is 3.43. The van der Waals surface area contributed by atoms with Crippen molar-refractivity contribution < 1.29 is 19.0 Å². The number of aliphatic hydroxyl groups is 1. The molecule has 6 heteroatoms. The normalized spacial score (nSPS) is 14.5. The van der Waals surface area contributed by atoms with Crippen LogP contribution in [0.2, 0.25) is 0 Å². The van der Waals surface area contributed by atoms with Crippen molar-refractivity contribution in [3.63, 3.8) is 0 Å². The van der Waals surface area contributed by atoms with Crippen molar-refractivity contribution in [2.24, 2.45) is 0 Å². The van der Waals surface area contributed by atoms with Gasteiger partial charge < -0.3 is 15.2 Å². The van der Waals surface area contributed by atoms with Crippen molar-refractivity contribution in [2.45, 2.75) is 38.2 Å². The quantitative estimate of drug-likeness (QED) is 0.574. The molecule has 1 aliphatic rings. The lowest BCUT2D eigenvalue weighted by atomic mass is 9.63. The highest BCUT2D eigenvalue weighted by Gasteiger charge is 2.45. The predicted molar refractivity (Wildman–Crippen MR) is 117 cm³/mol. The second kappa shape index (κ2) is 8.86. The van der Waals surface area contributed by atoms with E-state index in [4.69, 9.17) is 4.74 Å². The summed E-state index contributed by atoms with van der Waals surface area (Å²) in [6, 6.07) is 15.4. The van der Waals surface area contributed by atoms with Crippen LogP contribution in [0.15, 0.2) is 60.8 Å². The molecule has 0 unspecified atom stereocenters.